The zero-order valence-corrected chi connectivity index (χ0v) is 25.9. The summed E-state index contributed by atoms with van der Waals surface area (Å²) in [6.07, 6.45) is 4.59. The number of hydrogen-bond acceptors (Lipinski definition) is 12. The van der Waals surface area contributed by atoms with Gasteiger partial charge in [0.2, 0.25) is 0 Å². The number of fused-ring (bicyclic) bond motifs is 5. The molecule has 0 saturated heterocycles. The Morgan fingerprint density at radius 3 is 2.75 bits per heavy atom. The van der Waals surface area contributed by atoms with E-state index in [-0.39, 0.29) is 19.8 Å². The van der Waals surface area contributed by atoms with Gasteiger partial charge in [-0.3, -0.25) is 0 Å². The number of aromatic nitrogens is 5. The SMILES string of the molecule is COCCOCCOCCOC(=O)c1c2c(nc3sc4c(NCCc5ccc6nc[nH]c6c5)ncnc4c13)CC(C)(C)OC2. The van der Waals surface area contributed by atoms with Gasteiger partial charge in [-0.25, -0.2) is 24.7 Å². The topological polar surface area (TPSA) is 143 Å². The molecule has 44 heavy (non-hydrogen) atoms. The molecular weight excluding hydrogens is 584 g/mol. The molecule has 1 aliphatic heterocycles. The third kappa shape index (κ3) is 6.66. The zero-order valence-electron chi connectivity index (χ0n) is 25.1. The van der Waals surface area contributed by atoms with Crippen LogP contribution < -0.4 is 5.32 Å². The first-order valence-electron chi connectivity index (χ1n) is 14.6. The minimum atomic E-state index is -0.445. The summed E-state index contributed by atoms with van der Waals surface area (Å²) in [6, 6.07) is 6.20. The van der Waals surface area contributed by atoms with E-state index in [2.05, 4.69) is 37.4 Å². The summed E-state index contributed by atoms with van der Waals surface area (Å²) in [5.41, 5.74) is 5.45. The number of imidazole rings is 1. The van der Waals surface area contributed by atoms with Crippen LogP contribution in [-0.4, -0.2) is 89.8 Å². The van der Waals surface area contributed by atoms with Crippen molar-refractivity contribution in [1.29, 1.82) is 0 Å². The van der Waals surface area contributed by atoms with Crippen molar-refractivity contribution in [3.63, 3.8) is 0 Å². The molecule has 0 spiro atoms. The second-order valence-corrected chi connectivity index (χ2v) is 12.1. The Morgan fingerprint density at radius 1 is 1.09 bits per heavy atom. The molecule has 12 nitrogen and oxygen atoms in total. The van der Waals surface area contributed by atoms with Gasteiger partial charge < -0.3 is 34.0 Å². The van der Waals surface area contributed by atoms with Crippen molar-refractivity contribution < 1.29 is 28.5 Å². The number of rotatable bonds is 14. The van der Waals surface area contributed by atoms with Crippen molar-refractivity contribution >= 4 is 54.6 Å². The molecule has 0 saturated carbocycles. The first-order valence-corrected chi connectivity index (χ1v) is 15.5. The van der Waals surface area contributed by atoms with E-state index in [1.54, 1.807) is 13.4 Å². The average molecular weight is 621 g/mol. The summed E-state index contributed by atoms with van der Waals surface area (Å²) >= 11 is 1.48. The number of thiophene rings is 1. The molecule has 0 radical (unpaired) electrons. The van der Waals surface area contributed by atoms with Gasteiger partial charge in [0, 0.05) is 25.6 Å². The number of ether oxygens (including phenoxy) is 5. The first-order chi connectivity index (χ1) is 21.4. The second-order valence-electron chi connectivity index (χ2n) is 11.1. The maximum atomic E-state index is 13.7. The number of esters is 1. The minimum absolute atomic E-state index is 0.107. The van der Waals surface area contributed by atoms with Gasteiger partial charge in [0.25, 0.3) is 0 Å². The van der Waals surface area contributed by atoms with Crippen molar-refractivity contribution in [2.24, 2.45) is 0 Å². The van der Waals surface area contributed by atoms with Gasteiger partial charge in [-0.15, -0.1) is 11.3 Å². The van der Waals surface area contributed by atoms with Gasteiger partial charge in [-0.1, -0.05) is 6.07 Å². The third-order valence-electron chi connectivity index (χ3n) is 7.45. The molecule has 4 aromatic heterocycles. The van der Waals surface area contributed by atoms with E-state index in [9.17, 15) is 4.79 Å². The average Bonchev–Trinajstić information content (AvgIpc) is 3.63. The molecule has 5 aromatic rings. The van der Waals surface area contributed by atoms with Crippen LogP contribution in [0.1, 0.15) is 41.0 Å². The lowest BCUT2D eigenvalue weighted by Gasteiger charge is -2.32. The standard InChI is InChI=1S/C31H36N6O6S/c1-31(2)15-23-20(16-43-31)24(30(38)42-13-12-41-11-10-40-9-8-39-3)25-26-27(44-29(25)37-23)28(36-18-35-26)32-7-6-19-4-5-21-22(14-19)34-17-33-21/h4-5,14,17-18H,6-13,15-16H2,1-3H3,(H,33,34)(H,32,35,36). The Hall–Kier alpha value is -3.75. The highest BCUT2D eigenvalue weighted by Gasteiger charge is 2.33. The van der Waals surface area contributed by atoms with E-state index in [0.717, 1.165) is 38.2 Å². The summed E-state index contributed by atoms with van der Waals surface area (Å²) < 4.78 is 28.6. The highest BCUT2D eigenvalue weighted by Crippen LogP contribution is 2.41. The van der Waals surface area contributed by atoms with Gasteiger partial charge in [-0.2, -0.15) is 0 Å². The molecule has 13 heteroatoms. The molecule has 0 amide bonds. The Labute approximate surface area is 258 Å². The number of methoxy groups -OCH3 is 1. The zero-order chi connectivity index (χ0) is 30.5. The van der Waals surface area contributed by atoms with Crippen LogP contribution in [0, 0.1) is 0 Å². The highest BCUT2D eigenvalue weighted by molar-refractivity contribution is 7.26. The van der Waals surface area contributed by atoms with Gasteiger partial charge >= 0.3 is 5.97 Å². The summed E-state index contributed by atoms with van der Waals surface area (Å²) in [4.78, 5) is 36.0. The van der Waals surface area contributed by atoms with Crippen LogP contribution in [0.15, 0.2) is 30.9 Å². The van der Waals surface area contributed by atoms with Gasteiger partial charge in [-0.05, 0) is 38.0 Å². The van der Waals surface area contributed by atoms with Crippen LogP contribution in [0.3, 0.4) is 0 Å². The van der Waals surface area contributed by atoms with Crippen LogP contribution in [-0.2, 0) is 43.1 Å². The number of anilines is 1. The number of pyridine rings is 1. The molecule has 0 unspecified atom stereocenters. The third-order valence-corrected chi connectivity index (χ3v) is 8.53. The Bertz CT molecular complexity index is 1770. The van der Waals surface area contributed by atoms with Gasteiger partial charge in [0.15, 0.2) is 0 Å². The van der Waals surface area contributed by atoms with Crippen LogP contribution >= 0.6 is 11.3 Å². The normalized spacial score (nSPS) is 14.3. The molecule has 0 aliphatic carbocycles. The van der Waals surface area contributed by atoms with Gasteiger partial charge in [0.1, 0.15) is 23.6 Å². The Morgan fingerprint density at radius 2 is 1.91 bits per heavy atom. The monoisotopic (exact) mass is 620 g/mol. The maximum absolute atomic E-state index is 13.7. The maximum Gasteiger partial charge on any atom is 0.339 e. The second kappa shape index (κ2) is 13.5. The van der Waals surface area contributed by atoms with E-state index >= 15 is 0 Å². The highest BCUT2D eigenvalue weighted by atomic mass is 32.1. The number of benzene rings is 1. The molecule has 2 N–H and O–H groups in total. The summed E-state index contributed by atoms with van der Waals surface area (Å²) in [7, 11) is 1.63. The number of H-pyrrole nitrogens is 1. The van der Waals surface area contributed by atoms with Crippen LogP contribution in [0.2, 0.25) is 0 Å². The van der Waals surface area contributed by atoms with Crippen LogP contribution in [0.4, 0.5) is 5.82 Å². The van der Waals surface area contributed by atoms with Crippen molar-refractivity contribution in [2.45, 2.75) is 38.9 Å². The molecule has 5 heterocycles. The summed E-state index contributed by atoms with van der Waals surface area (Å²) in [5, 5.41) is 4.14. The number of carbonyl (C=O) groups excluding carboxylic acids is 1. The summed E-state index contributed by atoms with van der Waals surface area (Å²) in [5.74, 6) is 0.259. The Kier molecular flexibility index (Phi) is 9.28. The lowest BCUT2D eigenvalue weighted by molar-refractivity contribution is -0.0417. The van der Waals surface area contributed by atoms with Crippen molar-refractivity contribution in [1.82, 2.24) is 24.9 Å². The number of hydrogen-bond donors (Lipinski definition) is 2. The number of carbonyl (C=O) groups is 1. The fraction of sp³-hybridized carbons (Fsp3) is 0.452. The Balaban J connectivity index is 1.22. The number of nitrogens with zero attached hydrogens (tertiary/aromatic N) is 4. The van der Waals surface area contributed by atoms with E-state index in [0.29, 0.717) is 61.7 Å². The molecule has 0 atom stereocenters. The van der Waals surface area contributed by atoms with Crippen molar-refractivity contribution in [3.05, 3.63) is 53.2 Å². The molecule has 232 valence electrons. The van der Waals surface area contributed by atoms with Gasteiger partial charge in [0.05, 0.1) is 89.5 Å². The summed E-state index contributed by atoms with van der Waals surface area (Å²) in [6.45, 7) is 7.23. The van der Waals surface area contributed by atoms with E-state index in [1.165, 1.54) is 23.2 Å². The fourth-order valence-electron chi connectivity index (χ4n) is 5.25. The van der Waals surface area contributed by atoms with Crippen molar-refractivity contribution in [3.8, 4) is 0 Å². The van der Waals surface area contributed by atoms with Crippen molar-refractivity contribution in [2.75, 3.05) is 58.6 Å². The predicted molar refractivity (Wildman–Crippen MR) is 167 cm³/mol. The van der Waals surface area contributed by atoms with E-state index < -0.39 is 11.6 Å². The smallest absolute Gasteiger partial charge is 0.339 e. The lowest BCUT2D eigenvalue weighted by atomic mass is 9.92. The molecule has 1 aromatic carbocycles. The van der Waals surface area contributed by atoms with Crippen LogP contribution in [0.5, 0.6) is 0 Å². The first kappa shape index (κ1) is 30.3. The molecule has 1 aliphatic rings. The molecular formula is C31H36N6O6S. The van der Waals surface area contributed by atoms with E-state index in [4.69, 9.17) is 28.7 Å². The molecule has 0 bridgehead atoms. The fourth-order valence-corrected chi connectivity index (χ4v) is 6.38. The van der Waals surface area contributed by atoms with Crippen LogP contribution in [0.25, 0.3) is 31.5 Å². The predicted octanol–water partition coefficient (Wildman–Crippen LogP) is 4.46. The largest absolute Gasteiger partial charge is 0.460 e. The minimum Gasteiger partial charge on any atom is -0.460 e. The number of nitrogens with one attached hydrogen (secondary N) is 2. The molecule has 0 fully saturated rings. The van der Waals surface area contributed by atoms with E-state index in [1.807, 2.05) is 19.9 Å². The lowest BCUT2D eigenvalue weighted by Crippen LogP contribution is -2.33. The number of aromatic amines is 1. The molecule has 6 rings (SSSR count). The quantitative estimate of drug-likeness (QED) is 0.134.